The second kappa shape index (κ2) is 4.76. The second-order valence-corrected chi connectivity index (χ2v) is 4.52. The summed E-state index contributed by atoms with van der Waals surface area (Å²) in [6.45, 7) is 0.341. The fourth-order valence-corrected chi connectivity index (χ4v) is 2.50. The minimum Gasteiger partial charge on any atom is -0.479 e. The average Bonchev–Trinajstić information content (AvgIpc) is 2.99. The van der Waals surface area contributed by atoms with Gasteiger partial charge in [-0.15, -0.1) is 0 Å². The zero-order chi connectivity index (χ0) is 14.1. The maximum absolute atomic E-state index is 12.3. The Kier molecular flexibility index (Phi) is 2.94. The smallest absolute Gasteiger partial charge is 0.331 e. The average molecular weight is 272 g/mol. The summed E-state index contributed by atoms with van der Waals surface area (Å²) in [6, 6.07) is 6.29. The fourth-order valence-electron chi connectivity index (χ4n) is 2.50. The van der Waals surface area contributed by atoms with Crippen LogP contribution in [0.1, 0.15) is 27.8 Å². The van der Waals surface area contributed by atoms with Gasteiger partial charge in [0.2, 0.25) is 5.82 Å². The van der Waals surface area contributed by atoms with Crippen LogP contribution >= 0.6 is 0 Å². The van der Waals surface area contributed by atoms with Gasteiger partial charge in [0.25, 0.3) is 5.91 Å². The van der Waals surface area contributed by atoms with E-state index in [2.05, 4.69) is 15.2 Å². The number of carboxylic acid groups (broad SMARTS) is 1. The number of aliphatic carboxylic acids is 1. The minimum atomic E-state index is -1.05. The largest absolute Gasteiger partial charge is 0.479 e. The third kappa shape index (κ3) is 1.93. The standard InChI is InChI=1S/C13H12N4O3/c18-12(11-14-7-15-16-11)17-6-5-8-3-1-2-4-9(8)10(17)13(19)20/h1-4,7,10H,5-6H2,(H,19,20)(H,14,15,16). The van der Waals surface area contributed by atoms with E-state index in [-0.39, 0.29) is 5.82 Å². The Labute approximate surface area is 114 Å². The summed E-state index contributed by atoms with van der Waals surface area (Å²) in [4.78, 5) is 29.0. The topological polar surface area (TPSA) is 99.2 Å². The van der Waals surface area contributed by atoms with Crippen LogP contribution in [0.5, 0.6) is 0 Å². The van der Waals surface area contributed by atoms with Gasteiger partial charge in [-0.2, -0.15) is 5.10 Å². The molecule has 7 nitrogen and oxygen atoms in total. The highest BCUT2D eigenvalue weighted by Gasteiger charge is 2.36. The van der Waals surface area contributed by atoms with Gasteiger partial charge in [0.1, 0.15) is 6.33 Å². The van der Waals surface area contributed by atoms with Crippen molar-refractivity contribution in [3.8, 4) is 0 Å². The molecule has 20 heavy (non-hydrogen) atoms. The van der Waals surface area contributed by atoms with Crippen LogP contribution in [0.25, 0.3) is 0 Å². The van der Waals surface area contributed by atoms with E-state index in [1.807, 2.05) is 12.1 Å². The molecule has 0 aliphatic carbocycles. The van der Waals surface area contributed by atoms with Gasteiger partial charge in [0.15, 0.2) is 6.04 Å². The molecular formula is C13H12N4O3. The number of amides is 1. The Balaban J connectivity index is 2.01. The Morgan fingerprint density at radius 3 is 2.85 bits per heavy atom. The first kappa shape index (κ1) is 12.3. The molecule has 0 spiro atoms. The van der Waals surface area contributed by atoms with Gasteiger partial charge in [0.05, 0.1) is 0 Å². The van der Waals surface area contributed by atoms with Crippen LogP contribution in [0.4, 0.5) is 0 Å². The molecule has 1 aliphatic heterocycles. The molecule has 0 saturated heterocycles. The van der Waals surface area contributed by atoms with Crippen LogP contribution in [0.2, 0.25) is 0 Å². The highest BCUT2D eigenvalue weighted by atomic mass is 16.4. The first-order valence-corrected chi connectivity index (χ1v) is 6.15. The highest BCUT2D eigenvalue weighted by molar-refractivity contribution is 5.94. The van der Waals surface area contributed by atoms with Crippen molar-refractivity contribution in [2.24, 2.45) is 0 Å². The van der Waals surface area contributed by atoms with E-state index >= 15 is 0 Å². The summed E-state index contributed by atoms with van der Waals surface area (Å²) in [5.41, 5.74) is 1.61. The molecule has 2 N–H and O–H groups in total. The van der Waals surface area contributed by atoms with Gasteiger partial charge < -0.3 is 10.0 Å². The zero-order valence-corrected chi connectivity index (χ0v) is 10.5. The van der Waals surface area contributed by atoms with Gasteiger partial charge >= 0.3 is 5.97 Å². The minimum absolute atomic E-state index is 0.0515. The molecule has 0 fully saturated rings. The van der Waals surface area contributed by atoms with Crippen molar-refractivity contribution in [3.05, 3.63) is 47.5 Å². The molecule has 7 heteroatoms. The number of carboxylic acids is 1. The van der Waals surface area contributed by atoms with Gasteiger partial charge in [0, 0.05) is 6.54 Å². The third-order valence-electron chi connectivity index (χ3n) is 3.40. The van der Waals surface area contributed by atoms with E-state index in [0.717, 1.165) is 5.56 Å². The fraction of sp³-hybridized carbons (Fsp3) is 0.231. The monoisotopic (exact) mass is 272 g/mol. The summed E-state index contributed by atoms with van der Waals surface area (Å²) >= 11 is 0. The molecule has 0 saturated carbocycles. The zero-order valence-electron chi connectivity index (χ0n) is 10.5. The molecular weight excluding hydrogens is 260 g/mol. The Bertz CT molecular complexity index is 653. The lowest BCUT2D eigenvalue weighted by Crippen LogP contribution is -2.43. The summed E-state index contributed by atoms with van der Waals surface area (Å²) < 4.78 is 0. The molecule has 0 radical (unpaired) electrons. The first-order chi connectivity index (χ1) is 9.68. The molecule has 1 aliphatic rings. The number of hydrogen-bond donors (Lipinski definition) is 2. The molecule has 2 aromatic rings. The number of aromatic nitrogens is 3. The molecule has 0 bridgehead atoms. The molecule has 2 heterocycles. The summed E-state index contributed by atoms with van der Waals surface area (Å²) in [5.74, 6) is -1.45. The lowest BCUT2D eigenvalue weighted by molar-refractivity contribution is -0.143. The Morgan fingerprint density at radius 2 is 2.15 bits per heavy atom. The normalized spacial score (nSPS) is 17.6. The molecule has 1 aromatic carbocycles. The molecule has 1 unspecified atom stereocenters. The van der Waals surface area contributed by atoms with Crippen molar-refractivity contribution in [1.29, 1.82) is 0 Å². The van der Waals surface area contributed by atoms with Crippen LogP contribution in [-0.2, 0) is 11.2 Å². The molecule has 1 aromatic heterocycles. The first-order valence-electron chi connectivity index (χ1n) is 6.15. The number of H-pyrrole nitrogens is 1. The predicted octanol–water partition coefficient (Wildman–Crippen LogP) is 0.629. The summed E-state index contributed by atoms with van der Waals surface area (Å²) in [6.07, 6.45) is 1.85. The van der Waals surface area contributed by atoms with Gasteiger partial charge in [-0.3, -0.25) is 9.89 Å². The maximum Gasteiger partial charge on any atom is 0.331 e. The van der Waals surface area contributed by atoms with Crippen LogP contribution < -0.4 is 0 Å². The number of rotatable bonds is 2. The third-order valence-corrected chi connectivity index (χ3v) is 3.40. The van der Waals surface area contributed by atoms with Crippen molar-refractivity contribution in [2.75, 3.05) is 6.54 Å². The maximum atomic E-state index is 12.3. The van der Waals surface area contributed by atoms with Crippen LogP contribution in [0.3, 0.4) is 0 Å². The molecule has 102 valence electrons. The van der Waals surface area contributed by atoms with Crippen molar-refractivity contribution >= 4 is 11.9 Å². The van der Waals surface area contributed by atoms with Crippen LogP contribution in [0.15, 0.2) is 30.6 Å². The molecule has 1 atom stereocenters. The van der Waals surface area contributed by atoms with Crippen molar-refractivity contribution < 1.29 is 14.7 Å². The lowest BCUT2D eigenvalue weighted by atomic mass is 9.92. The van der Waals surface area contributed by atoms with Gasteiger partial charge in [-0.05, 0) is 17.5 Å². The number of nitrogens with one attached hydrogen (secondary N) is 1. The van der Waals surface area contributed by atoms with Crippen LogP contribution in [0, 0.1) is 0 Å². The van der Waals surface area contributed by atoms with Crippen molar-refractivity contribution in [2.45, 2.75) is 12.5 Å². The lowest BCUT2D eigenvalue weighted by Gasteiger charge is -2.34. The number of hydrogen-bond acceptors (Lipinski definition) is 4. The summed E-state index contributed by atoms with van der Waals surface area (Å²) in [7, 11) is 0. The Hall–Kier alpha value is -2.70. The molecule has 1 amide bonds. The summed E-state index contributed by atoms with van der Waals surface area (Å²) in [5, 5.41) is 15.6. The number of nitrogens with zero attached hydrogens (tertiary/aromatic N) is 3. The number of fused-ring (bicyclic) bond motifs is 1. The van der Waals surface area contributed by atoms with Gasteiger partial charge in [-0.1, -0.05) is 24.3 Å². The number of carbonyl (C=O) groups is 2. The van der Waals surface area contributed by atoms with Crippen molar-refractivity contribution in [3.63, 3.8) is 0 Å². The highest BCUT2D eigenvalue weighted by Crippen LogP contribution is 2.30. The predicted molar refractivity (Wildman–Crippen MR) is 67.9 cm³/mol. The van der Waals surface area contributed by atoms with Gasteiger partial charge in [-0.25, -0.2) is 9.78 Å². The van der Waals surface area contributed by atoms with E-state index in [1.165, 1.54) is 11.2 Å². The quantitative estimate of drug-likeness (QED) is 0.835. The number of carbonyl (C=O) groups excluding carboxylic acids is 1. The van der Waals surface area contributed by atoms with Crippen molar-refractivity contribution in [1.82, 2.24) is 20.1 Å². The Morgan fingerprint density at radius 1 is 1.35 bits per heavy atom. The van der Waals surface area contributed by atoms with E-state index in [0.29, 0.717) is 18.5 Å². The number of aromatic amines is 1. The van der Waals surface area contributed by atoms with E-state index < -0.39 is 17.9 Å². The van der Waals surface area contributed by atoms with E-state index in [4.69, 9.17) is 0 Å². The number of benzene rings is 1. The SMILES string of the molecule is O=C(O)C1c2ccccc2CCN1C(=O)c1ncn[nH]1. The van der Waals surface area contributed by atoms with Crippen LogP contribution in [-0.4, -0.2) is 43.6 Å². The molecule has 3 rings (SSSR count). The second-order valence-electron chi connectivity index (χ2n) is 4.52. The van der Waals surface area contributed by atoms with E-state index in [1.54, 1.807) is 12.1 Å². The van der Waals surface area contributed by atoms with E-state index in [9.17, 15) is 14.7 Å².